The molecule has 0 amide bonds. The number of benzene rings is 1. The van der Waals surface area contributed by atoms with Gasteiger partial charge in [0, 0.05) is 0 Å². The van der Waals surface area contributed by atoms with Crippen LogP contribution in [0.4, 0.5) is 0 Å². The first-order chi connectivity index (χ1) is 10.0. The quantitative estimate of drug-likeness (QED) is 0.809. The van der Waals surface area contributed by atoms with Crippen LogP contribution in [0.2, 0.25) is 13.1 Å². The van der Waals surface area contributed by atoms with Gasteiger partial charge in [-0.3, -0.25) is 0 Å². The van der Waals surface area contributed by atoms with Gasteiger partial charge in [0.2, 0.25) is 0 Å². The van der Waals surface area contributed by atoms with Gasteiger partial charge >= 0.3 is 143 Å². The van der Waals surface area contributed by atoms with E-state index >= 15 is 0 Å². The Bertz CT molecular complexity index is 471. The number of hydrogen-bond donors (Lipinski definition) is 1. The molecule has 0 aliphatic carbocycles. The molecule has 2 rings (SSSR count). The number of rotatable bonds is 3. The third-order valence-corrected chi connectivity index (χ3v) is 14.9. The molecule has 0 bridgehead atoms. The predicted octanol–water partition coefficient (Wildman–Crippen LogP) is 3.73. The minimum atomic E-state index is -1.63. The summed E-state index contributed by atoms with van der Waals surface area (Å²) in [6.45, 7) is 18.9. The Morgan fingerprint density at radius 1 is 0.909 bits per heavy atom. The fourth-order valence-electron chi connectivity index (χ4n) is 3.04. The average molecular weight is 378 g/mol. The molecule has 0 unspecified atom stereocenters. The summed E-state index contributed by atoms with van der Waals surface area (Å²) in [7, 11) is -0.443. The van der Waals surface area contributed by atoms with E-state index in [2.05, 4.69) is 96.6 Å². The van der Waals surface area contributed by atoms with Crippen LogP contribution in [-0.2, 0) is 0 Å². The molecule has 0 atom stereocenters. The monoisotopic (exact) mass is 379 g/mol. The topological polar surface area (TPSA) is 18.5 Å². The standard InChI is InChI=1S/C17H31GeN3Si/c1-16(2,3)20-15(14-12-10-9-11-13-14)21(17(4,5)6)18(20)19-22(7)8/h9-13,15,19H,1-8H3. The molecule has 0 spiro atoms. The first-order valence-electron chi connectivity index (χ1n) is 8.11. The molecule has 1 fully saturated rings. The van der Waals surface area contributed by atoms with E-state index in [1.165, 1.54) is 5.56 Å². The Labute approximate surface area is 143 Å². The van der Waals surface area contributed by atoms with Crippen molar-refractivity contribution in [2.75, 3.05) is 0 Å². The van der Waals surface area contributed by atoms with Crippen LogP contribution in [0.3, 0.4) is 0 Å². The molecule has 2 radical (unpaired) electrons. The number of nitrogens with zero attached hydrogens (tertiary/aromatic N) is 2. The van der Waals surface area contributed by atoms with Crippen molar-refractivity contribution in [3.05, 3.63) is 35.9 Å². The zero-order valence-electron chi connectivity index (χ0n) is 15.4. The second kappa shape index (κ2) is 6.40. The van der Waals surface area contributed by atoms with Crippen molar-refractivity contribution in [1.82, 2.24) is 11.7 Å². The molecule has 122 valence electrons. The SMILES string of the molecule is C[Si](C)[NH][Ge]1[N](C(C)(C)C)C(c2ccccc2)[N]1C(C)(C)C. The first kappa shape index (κ1) is 18.2. The summed E-state index contributed by atoms with van der Waals surface area (Å²) in [6, 6.07) is 11.0. The third-order valence-electron chi connectivity index (χ3n) is 3.85. The molecule has 1 N–H and O–H groups in total. The molecular formula is C17H31GeN3Si. The van der Waals surface area contributed by atoms with Crippen LogP contribution in [0.25, 0.3) is 0 Å². The van der Waals surface area contributed by atoms with Gasteiger partial charge in [-0.1, -0.05) is 0 Å². The van der Waals surface area contributed by atoms with Gasteiger partial charge in [-0.25, -0.2) is 0 Å². The molecule has 1 heterocycles. The van der Waals surface area contributed by atoms with Crippen LogP contribution in [0, 0.1) is 0 Å². The van der Waals surface area contributed by atoms with Gasteiger partial charge in [0.1, 0.15) is 0 Å². The van der Waals surface area contributed by atoms with Gasteiger partial charge in [-0.05, 0) is 0 Å². The molecule has 1 aliphatic rings. The first-order valence-corrected chi connectivity index (χ1v) is 13.5. The minimum absolute atomic E-state index is 0.196. The Morgan fingerprint density at radius 3 is 1.73 bits per heavy atom. The molecule has 1 aromatic rings. The summed E-state index contributed by atoms with van der Waals surface area (Å²) >= 11 is -1.63. The summed E-state index contributed by atoms with van der Waals surface area (Å²) in [5.74, 6) is 0. The summed E-state index contributed by atoms with van der Waals surface area (Å²) < 4.78 is 9.58. The predicted molar refractivity (Wildman–Crippen MR) is 98.7 cm³/mol. The van der Waals surface area contributed by atoms with Crippen LogP contribution in [-0.4, -0.2) is 42.8 Å². The van der Waals surface area contributed by atoms with Gasteiger partial charge in [0.05, 0.1) is 0 Å². The zero-order chi connectivity index (χ0) is 16.7. The van der Waals surface area contributed by atoms with Crippen LogP contribution in [0.5, 0.6) is 0 Å². The fourth-order valence-corrected chi connectivity index (χ4v) is 12.9. The number of hydrogen-bond acceptors (Lipinski definition) is 3. The second-order valence-corrected chi connectivity index (χ2v) is 15.5. The van der Waals surface area contributed by atoms with Gasteiger partial charge in [0.15, 0.2) is 0 Å². The van der Waals surface area contributed by atoms with Crippen LogP contribution >= 0.6 is 0 Å². The molecule has 1 aromatic carbocycles. The van der Waals surface area contributed by atoms with E-state index in [0.717, 1.165) is 0 Å². The van der Waals surface area contributed by atoms with E-state index in [0.29, 0.717) is 6.17 Å². The molecular weight excluding hydrogens is 347 g/mol. The summed E-state index contributed by atoms with van der Waals surface area (Å²) in [4.78, 5) is 0. The van der Waals surface area contributed by atoms with Crippen molar-refractivity contribution in [3.8, 4) is 0 Å². The number of nitrogens with one attached hydrogen (secondary N) is 1. The van der Waals surface area contributed by atoms with E-state index in [-0.39, 0.29) is 11.1 Å². The summed E-state index contributed by atoms with van der Waals surface area (Å²) in [5, 5.41) is 0. The van der Waals surface area contributed by atoms with Gasteiger partial charge in [-0.2, -0.15) is 0 Å². The third kappa shape index (κ3) is 3.67. The Morgan fingerprint density at radius 2 is 1.36 bits per heavy atom. The van der Waals surface area contributed by atoms with E-state index in [1.54, 1.807) is 0 Å². The van der Waals surface area contributed by atoms with E-state index in [4.69, 9.17) is 0 Å². The Hall–Kier alpha value is -0.140. The fraction of sp³-hybridized carbons (Fsp3) is 0.647. The molecule has 0 saturated carbocycles. The molecule has 5 heteroatoms. The van der Waals surface area contributed by atoms with Crippen LogP contribution < -0.4 is 3.94 Å². The summed E-state index contributed by atoms with van der Waals surface area (Å²) in [5.41, 5.74) is 1.82. The van der Waals surface area contributed by atoms with E-state index in [1.807, 2.05) is 0 Å². The van der Waals surface area contributed by atoms with Gasteiger partial charge in [-0.15, -0.1) is 0 Å². The molecule has 1 aliphatic heterocycles. The van der Waals surface area contributed by atoms with E-state index in [9.17, 15) is 0 Å². The Balaban J connectivity index is 2.42. The maximum atomic E-state index is 4.01. The van der Waals surface area contributed by atoms with Crippen molar-refractivity contribution in [1.29, 1.82) is 0 Å². The zero-order valence-corrected chi connectivity index (χ0v) is 18.5. The molecule has 3 nitrogen and oxygen atoms in total. The molecule has 1 saturated heterocycles. The average Bonchev–Trinajstić information content (AvgIpc) is 2.31. The summed E-state index contributed by atoms with van der Waals surface area (Å²) in [6.07, 6.45) is 0.407. The van der Waals surface area contributed by atoms with Crippen molar-refractivity contribution in [3.63, 3.8) is 0 Å². The maximum absolute atomic E-state index is 4.01. The van der Waals surface area contributed by atoms with Crippen molar-refractivity contribution >= 4 is 24.0 Å². The van der Waals surface area contributed by atoms with Crippen molar-refractivity contribution in [2.45, 2.75) is 71.9 Å². The Kier molecular flexibility index (Phi) is 5.29. The van der Waals surface area contributed by atoms with E-state index < -0.39 is 24.0 Å². The van der Waals surface area contributed by atoms with Gasteiger partial charge in [0.25, 0.3) is 0 Å². The molecule has 22 heavy (non-hydrogen) atoms. The van der Waals surface area contributed by atoms with Crippen molar-refractivity contribution in [2.24, 2.45) is 0 Å². The van der Waals surface area contributed by atoms with Gasteiger partial charge < -0.3 is 0 Å². The molecule has 0 aromatic heterocycles. The van der Waals surface area contributed by atoms with Crippen molar-refractivity contribution < 1.29 is 0 Å². The second-order valence-electron chi connectivity index (χ2n) is 8.31. The normalized spacial score (nSPS) is 19.7. The van der Waals surface area contributed by atoms with Crippen LogP contribution in [0.1, 0.15) is 53.3 Å². The van der Waals surface area contributed by atoms with Crippen LogP contribution in [0.15, 0.2) is 30.3 Å².